The second-order valence-corrected chi connectivity index (χ2v) is 4.95. The number of aryl methyl sites for hydroxylation is 1. The summed E-state index contributed by atoms with van der Waals surface area (Å²) in [6, 6.07) is 10.4. The van der Waals surface area contributed by atoms with Crippen molar-refractivity contribution in [3.8, 4) is 5.75 Å². The lowest BCUT2D eigenvalue weighted by molar-refractivity contribution is -0.384. The summed E-state index contributed by atoms with van der Waals surface area (Å²) in [4.78, 5) is 33.5. The number of carbonyl (C=O) groups is 2. The molecule has 3 N–H and O–H groups in total. The number of hydrogen-bond donors (Lipinski definition) is 2. The van der Waals surface area contributed by atoms with Crippen molar-refractivity contribution < 1.29 is 19.2 Å². The van der Waals surface area contributed by atoms with Gasteiger partial charge < -0.3 is 15.8 Å². The van der Waals surface area contributed by atoms with Crippen molar-refractivity contribution in [3.63, 3.8) is 0 Å². The first-order valence-electron chi connectivity index (χ1n) is 6.95. The SMILES string of the molecule is Cc1ccc([N+](=O)[O-])cc1NC(=O)COc1ccccc1C(N)=O. The number of ether oxygens (including phenoxy) is 1. The lowest BCUT2D eigenvalue weighted by Crippen LogP contribution is -2.22. The van der Waals surface area contributed by atoms with Crippen LogP contribution in [0.4, 0.5) is 11.4 Å². The van der Waals surface area contributed by atoms with Crippen molar-refractivity contribution in [1.82, 2.24) is 0 Å². The van der Waals surface area contributed by atoms with Crippen LogP contribution < -0.4 is 15.8 Å². The number of nitrogens with zero attached hydrogens (tertiary/aromatic N) is 1. The van der Waals surface area contributed by atoms with Crippen LogP contribution in [0.1, 0.15) is 15.9 Å². The zero-order valence-corrected chi connectivity index (χ0v) is 12.8. The summed E-state index contributed by atoms with van der Waals surface area (Å²) < 4.78 is 5.30. The Labute approximate surface area is 137 Å². The molecule has 0 aliphatic carbocycles. The average Bonchev–Trinajstić information content (AvgIpc) is 2.55. The van der Waals surface area contributed by atoms with Gasteiger partial charge in [-0.05, 0) is 24.6 Å². The second-order valence-electron chi connectivity index (χ2n) is 4.95. The fourth-order valence-corrected chi connectivity index (χ4v) is 1.98. The molecule has 8 heteroatoms. The molecule has 0 atom stereocenters. The number of nitro groups is 1. The number of nitro benzene ring substituents is 1. The van der Waals surface area contributed by atoms with Gasteiger partial charge in [-0.15, -0.1) is 0 Å². The molecule has 0 aromatic heterocycles. The third-order valence-electron chi connectivity index (χ3n) is 3.22. The van der Waals surface area contributed by atoms with Crippen LogP contribution in [0.25, 0.3) is 0 Å². The largest absolute Gasteiger partial charge is 0.483 e. The minimum absolute atomic E-state index is 0.129. The van der Waals surface area contributed by atoms with Crippen LogP contribution in [0.5, 0.6) is 5.75 Å². The van der Waals surface area contributed by atoms with Gasteiger partial charge in [0.2, 0.25) is 0 Å². The topological polar surface area (TPSA) is 125 Å². The lowest BCUT2D eigenvalue weighted by atomic mass is 10.2. The molecule has 0 saturated heterocycles. The molecule has 24 heavy (non-hydrogen) atoms. The van der Waals surface area contributed by atoms with Gasteiger partial charge in [-0.1, -0.05) is 18.2 Å². The molecular formula is C16H15N3O5. The molecule has 8 nitrogen and oxygen atoms in total. The van der Waals surface area contributed by atoms with Gasteiger partial charge >= 0.3 is 0 Å². The summed E-state index contributed by atoms with van der Waals surface area (Å²) >= 11 is 0. The Morgan fingerprint density at radius 2 is 1.96 bits per heavy atom. The Morgan fingerprint density at radius 1 is 1.25 bits per heavy atom. The van der Waals surface area contributed by atoms with Gasteiger partial charge in [0.25, 0.3) is 17.5 Å². The molecule has 0 heterocycles. The Balaban J connectivity index is 2.06. The fraction of sp³-hybridized carbons (Fsp3) is 0.125. The minimum Gasteiger partial charge on any atom is -0.483 e. The molecule has 0 unspecified atom stereocenters. The van der Waals surface area contributed by atoms with E-state index in [0.29, 0.717) is 11.3 Å². The monoisotopic (exact) mass is 329 g/mol. The van der Waals surface area contributed by atoms with E-state index in [1.165, 1.54) is 30.3 Å². The van der Waals surface area contributed by atoms with Gasteiger partial charge in [0, 0.05) is 12.1 Å². The van der Waals surface area contributed by atoms with Crippen molar-refractivity contribution >= 4 is 23.2 Å². The molecule has 124 valence electrons. The van der Waals surface area contributed by atoms with E-state index < -0.39 is 16.7 Å². The van der Waals surface area contributed by atoms with Crippen molar-refractivity contribution in [2.45, 2.75) is 6.92 Å². The van der Waals surface area contributed by atoms with Crippen molar-refractivity contribution in [2.75, 3.05) is 11.9 Å². The third-order valence-corrected chi connectivity index (χ3v) is 3.22. The first kappa shape index (κ1) is 16.9. The van der Waals surface area contributed by atoms with Crippen molar-refractivity contribution in [3.05, 3.63) is 63.7 Å². The number of rotatable bonds is 6. The molecule has 0 bridgehead atoms. The van der Waals surface area contributed by atoms with Crippen molar-refractivity contribution in [2.24, 2.45) is 5.73 Å². The van der Waals surface area contributed by atoms with Gasteiger partial charge in [0.05, 0.1) is 16.2 Å². The molecule has 2 aromatic rings. The van der Waals surface area contributed by atoms with Crippen LogP contribution in [-0.4, -0.2) is 23.3 Å². The van der Waals surface area contributed by atoms with Crippen LogP contribution >= 0.6 is 0 Å². The summed E-state index contributed by atoms with van der Waals surface area (Å²) in [6.45, 7) is 1.34. The number of nitrogens with one attached hydrogen (secondary N) is 1. The molecule has 2 rings (SSSR count). The van der Waals surface area contributed by atoms with Gasteiger partial charge in [0.15, 0.2) is 6.61 Å². The van der Waals surface area contributed by atoms with Crippen molar-refractivity contribution in [1.29, 1.82) is 0 Å². The smallest absolute Gasteiger partial charge is 0.271 e. The summed E-state index contributed by atoms with van der Waals surface area (Å²) in [7, 11) is 0. The number of amides is 2. The highest BCUT2D eigenvalue weighted by Gasteiger charge is 2.13. The number of para-hydroxylation sites is 1. The van der Waals surface area contributed by atoms with E-state index in [0.717, 1.165) is 0 Å². The molecule has 2 aromatic carbocycles. The minimum atomic E-state index is -0.666. The quantitative estimate of drug-likeness (QED) is 0.619. The number of non-ortho nitro benzene ring substituents is 1. The maximum atomic E-state index is 12.0. The molecule has 2 amide bonds. The molecule has 0 aliphatic rings. The Kier molecular flexibility index (Phi) is 5.10. The average molecular weight is 329 g/mol. The summed E-state index contributed by atoms with van der Waals surface area (Å²) in [5, 5.41) is 13.3. The first-order valence-corrected chi connectivity index (χ1v) is 6.95. The number of hydrogen-bond acceptors (Lipinski definition) is 5. The number of benzene rings is 2. The van der Waals surface area contributed by atoms with E-state index in [4.69, 9.17) is 10.5 Å². The highest BCUT2D eigenvalue weighted by molar-refractivity contribution is 5.96. The molecule has 0 spiro atoms. The Morgan fingerprint density at radius 3 is 2.62 bits per heavy atom. The second kappa shape index (κ2) is 7.23. The summed E-state index contributed by atoms with van der Waals surface area (Å²) in [5.74, 6) is -0.991. The van der Waals surface area contributed by atoms with E-state index in [2.05, 4.69) is 5.32 Å². The normalized spacial score (nSPS) is 10.0. The first-order chi connectivity index (χ1) is 11.4. The highest BCUT2D eigenvalue weighted by atomic mass is 16.6. The van der Waals surface area contributed by atoms with Crippen LogP contribution in [0.2, 0.25) is 0 Å². The number of nitrogens with two attached hydrogens (primary N) is 1. The summed E-state index contributed by atoms with van der Waals surface area (Å²) in [6.07, 6.45) is 0. The van der Waals surface area contributed by atoms with Gasteiger partial charge in [-0.2, -0.15) is 0 Å². The number of carbonyl (C=O) groups excluding carboxylic acids is 2. The third kappa shape index (κ3) is 4.07. The standard InChI is InChI=1S/C16H15N3O5/c1-10-6-7-11(19(22)23)8-13(10)18-15(20)9-24-14-5-3-2-4-12(14)16(17)21/h2-8H,9H2,1H3,(H2,17,21)(H,18,20). The maximum absolute atomic E-state index is 12.0. The maximum Gasteiger partial charge on any atom is 0.271 e. The molecule has 0 fully saturated rings. The van der Waals surface area contributed by atoms with E-state index in [-0.39, 0.29) is 23.6 Å². The predicted octanol–water partition coefficient (Wildman–Crippen LogP) is 2.02. The zero-order chi connectivity index (χ0) is 17.7. The van der Waals surface area contributed by atoms with E-state index in [1.54, 1.807) is 19.1 Å². The molecule has 0 saturated carbocycles. The van der Waals surface area contributed by atoms with Gasteiger partial charge in [-0.25, -0.2) is 0 Å². The lowest BCUT2D eigenvalue weighted by Gasteiger charge is -2.11. The van der Waals surface area contributed by atoms with E-state index in [9.17, 15) is 19.7 Å². The van der Waals surface area contributed by atoms with Crippen LogP contribution in [0.3, 0.4) is 0 Å². The zero-order valence-electron chi connectivity index (χ0n) is 12.8. The van der Waals surface area contributed by atoms with E-state index >= 15 is 0 Å². The van der Waals surface area contributed by atoms with Crippen LogP contribution in [0, 0.1) is 17.0 Å². The fourth-order valence-electron chi connectivity index (χ4n) is 1.98. The van der Waals surface area contributed by atoms with E-state index in [1.807, 2.05) is 0 Å². The van der Waals surface area contributed by atoms with Crippen LogP contribution in [-0.2, 0) is 4.79 Å². The Bertz CT molecular complexity index is 804. The molecule has 0 radical (unpaired) electrons. The predicted molar refractivity (Wildman–Crippen MR) is 86.9 cm³/mol. The Hall–Kier alpha value is -3.42. The highest BCUT2D eigenvalue weighted by Crippen LogP contribution is 2.22. The van der Waals surface area contributed by atoms with Crippen LogP contribution in [0.15, 0.2) is 42.5 Å². The number of anilines is 1. The van der Waals surface area contributed by atoms with Gasteiger partial charge in [0.1, 0.15) is 5.75 Å². The molecule has 0 aliphatic heterocycles. The molecular weight excluding hydrogens is 314 g/mol. The summed E-state index contributed by atoms with van der Waals surface area (Å²) in [5.41, 5.74) is 6.25. The number of primary amides is 1. The van der Waals surface area contributed by atoms with Gasteiger partial charge in [-0.3, -0.25) is 19.7 Å².